The quantitative estimate of drug-likeness (QED) is 0.648. The highest BCUT2D eigenvalue weighted by Crippen LogP contribution is 2.49. The number of cyclic esters (lactones) is 1. The van der Waals surface area contributed by atoms with E-state index in [1.807, 2.05) is 0 Å². The number of hydrogen-bond acceptors (Lipinski definition) is 4. The molecule has 1 fully saturated rings. The summed E-state index contributed by atoms with van der Waals surface area (Å²) in [7, 11) is 0. The summed E-state index contributed by atoms with van der Waals surface area (Å²) in [5, 5.41) is 2.51. The zero-order chi connectivity index (χ0) is 23.0. The van der Waals surface area contributed by atoms with Gasteiger partial charge in [0.2, 0.25) is 0 Å². The van der Waals surface area contributed by atoms with Crippen molar-refractivity contribution in [1.82, 2.24) is 5.32 Å². The van der Waals surface area contributed by atoms with Crippen LogP contribution in [-0.2, 0) is 15.1 Å². The van der Waals surface area contributed by atoms with Gasteiger partial charge in [0.1, 0.15) is 5.60 Å². The molecule has 1 saturated carbocycles. The smallest absolute Gasteiger partial charge is 0.444 e. The highest BCUT2D eigenvalue weighted by Gasteiger charge is 2.63. The third-order valence-electron chi connectivity index (χ3n) is 4.52. The number of nitrogens with one attached hydrogen (secondary N) is 1. The lowest BCUT2D eigenvalue weighted by Crippen LogP contribution is -2.54. The molecule has 1 unspecified atom stereocenters. The van der Waals surface area contributed by atoms with Crippen molar-refractivity contribution < 1.29 is 32.2 Å². The minimum atomic E-state index is -4.98. The van der Waals surface area contributed by atoms with Crippen molar-refractivity contribution in [2.45, 2.75) is 51.0 Å². The molecule has 1 N–H and O–H groups in total. The van der Waals surface area contributed by atoms with E-state index in [4.69, 9.17) is 21.1 Å². The summed E-state index contributed by atoms with van der Waals surface area (Å²) >= 11 is 5.97. The number of fused-ring (bicyclic) bond motifs is 1. The lowest BCUT2D eigenvalue weighted by atomic mass is 9.89. The number of nitrogens with zero attached hydrogens (tertiary/aromatic N) is 1. The van der Waals surface area contributed by atoms with E-state index in [1.165, 1.54) is 12.1 Å². The molecule has 2 aliphatic rings. The van der Waals surface area contributed by atoms with Crippen molar-refractivity contribution in [1.29, 1.82) is 0 Å². The second-order valence-electron chi connectivity index (χ2n) is 8.33. The number of benzene rings is 1. The summed E-state index contributed by atoms with van der Waals surface area (Å²) in [6, 6.07) is 3.79. The summed E-state index contributed by atoms with van der Waals surface area (Å²) in [4.78, 5) is 25.4. The highest BCUT2D eigenvalue weighted by molar-refractivity contribution is 6.30. The number of halogens is 4. The maximum absolute atomic E-state index is 14.2. The second kappa shape index (κ2) is 8.15. The molecule has 1 aromatic carbocycles. The molecule has 168 valence electrons. The molecule has 0 spiro atoms. The maximum Gasteiger partial charge on any atom is 0.445 e. The normalized spacial score (nSPS) is 20.9. The molecule has 6 nitrogen and oxygen atoms in total. The molecule has 1 aromatic rings. The van der Waals surface area contributed by atoms with E-state index in [2.05, 4.69) is 17.2 Å². The van der Waals surface area contributed by atoms with Crippen molar-refractivity contribution in [3.8, 4) is 11.8 Å². The zero-order valence-electron chi connectivity index (χ0n) is 17.2. The Kier molecular flexibility index (Phi) is 6.07. The molecule has 3 rings (SSSR count). The first kappa shape index (κ1) is 23.1. The van der Waals surface area contributed by atoms with Crippen LogP contribution in [0.4, 0.5) is 28.4 Å². The van der Waals surface area contributed by atoms with Crippen molar-refractivity contribution in [2.75, 3.05) is 18.0 Å². The van der Waals surface area contributed by atoms with Crippen LogP contribution >= 0.6 is 11.6 Å². The third-order valence-corrected chi connectivity index (χ3v) is 4.76. The Morgan fingerprint density at radius 2 is 2.03 bits per heavy atom. The molecule has 1 heterocycles. The summed E-state index contributed by atoms with van der Waals surface area (Å²) in [5.41, 5.74) is -4.22. The minimum absolute atomic E-state index is 0.0333. The van der Waals surface area contributed by atoms with E-state index in [0.29, 0.717) is 12.8 Å². The molecule has 10 heteroatoms. The van der Waals surface area contributed by atoms with Crippen molar-refractivity contribution in [3.05, 3.63) is 28.8 Å². The summed E-state index contributed by atoms with van der Waals surface area (Å²) in [6.45, 7) is 4.85. The third kappa shape index (κ3) is 5.18. The Labute approximate surface area is 183 Å². The van der Waals surface area contributed by atoms with Gasteiger partial charge >= 0.3 is 18.4 Å². The van der Waals surface area contributed by atoms with Gasteiger partial charge in [0.25, 0.3) is 5.60 Å². The van der Waals surface area contributed by atoms with Gasteiger partial charge in [-0.2, -0.15) is 13.2 Å². The molecular weight excluding hydrogens is 437 g/mol. The number of hydrogen-bond donors (Lipinski definition) is 1. The fourth-order valence-electron chi connectivity index (χ4n) is 2.97. The van der Waals surface area contributed by atoms with Gasteiger partial charge in [-0.25, -0.2) is 9.59 Å². The van der Waals surface area contributed by atoms with Crippen LogP contribution in [0, 0.1) is 17.8 Å². The van der Waals surface area contributed by atoms with Crippen LogP contribution in [0.3, 0.4) is 0 Å². The monoisotopic (exact) mass is 458 g/mol. The Balaban J connectivity index is 1.90. The number of rotatable bonds is 3. The molecule has 1 aliphatic heterocycles. The van der Waals surface area contributed by atoms with E-state index in [-0.39, 0.29) is 35.3 Å². The standard InChI is InChI=1S/C21H22ClF3N2O4/c1-19(2,3)30-17(28)26-10-11-27-16-7-6-14(22)12-15(16)20(21(23,24)25,31-18(27)29)9-8-13-4-5-13/h6-7,12-13H,4-5,10-11H2,1-3H3,(H,26,28). The SMILES string of the molecule is CC(C)(C)OC(=O)NCCN1C(=O)OC(C#CC2CC2)(C(F)(F)F)c2cc(Cl)ccc21. The van der Waals surface area contributed by atoms with E-state index >= 15 is 0 Å². The van der Waals surface area contributed by atoms with Crippen molar-refractivity contribution in [3.63, 3.8) is 0 Å². The molecule has 1 aliphatic carbocycles. The summed E-state index contributed by atoms with van der Waals surface area (Å²) in [6.07, 6.45) is -5.50. The molecule has 2 amide bonds. The Hall–Kier alpha value is -2.60. The van der Waals surface area contributed by atoms with E-state index in [1.54, 1.807) is 20.8 Å². The van der Waals surface area contributed by atoms with Gasteiger partial charge in [-0.15, -0.1) is 0 Å². The number of anilines is 1. The number of alkyl carbamates (subject to hydrolysis) is 1. The van der Waals surface area contributed by atoms with Crippen LogP contribution < -0.4 is 10.2 Å². The fourth-order valence-corrected chi connectivity index (χ4v) is 3.14. The average Bonchev–Trinajstić information content (AvgIpc) is 3.44. The van der Waals surface area contributed by atoms with Crippen LogP contribution in [-0.4, -0.2) is 37.1 Å². The Bertz CT molecular complexity index is 945. The van der Waals surface area contributed by atoms with Gasteiger partial charge in [-0.3, -0.25) is 4.90 Å². The van der Waals surface area contributed by atoms with Crippen molar-refractivity contribution >= 4 is 29.5 Å². The molecule has 0 aromatic heterocycles. The first-order chi connectivity index (χ1) is 14.3. The fraction of sp³-hybridized carbons (Fsp3) is 0.524. The number of carbonyl (C=O) groups is 2. The van der Waals surface area contributed by atoms with E-state index in [9.17, 15) is 22.8 Å². The molecule has 0 radical (unpaired) electrons. The zero-order valence-corrected chi connectivity index (χ0v) is 18.0. The van der Waals surface area contributed by atoms with Crippen molar-refractivity contribution in [2.24, 2.45) is 5.92 Å². The van der Waals surface area contributed by atoms with Crippen LogP contribution in [0.2, 0.25) is 5.02 Å². The van der Waals surface area contributed by atoms with Crippen LogP contribution in [0.25, 0.3) is 0 Å². The first-order valence-corrected chi connectivity index (χ1v) is 10.1. The van der Waals surface area contributed by atoms with Gasteiger partial charge in [0, 0.05) is 29.6 Å². The summed E-state index contributed by atoms with van der Waals surface area (Å²) in [5.74, 6) is 4.60. The van der Waals surface area contributed by atoms with Crippen LogP contribution in [0.5, 0.6) is 0 Å². The molecule has 0 saturated heterocycles. The van der Waals surface area contributed by atoms with Gasteiger partial charge < -0.3 is 14.8 Å². The lowest BCUT2D eigenvalue weighted by Gasteiger charge is -2.40. The van der Waals surface area contributed by atoms with E-state index in [0.717, 1.165) is 11.0 Å². The Morgan fingerprint density at radius 1 is 1.35 bits per heavy atom. The molecular formula is C21H22ClF3N2O4. The van der Waals surface area contributed by atoms with Crippen LogP contribution in [0.15, 0.2) is 18.2 Å². The minimum Gasteiger partial charge on any atom is -0.444 e. The second-order valence-corrected chi connectivity index (χ2v) is 8.77. The van der Waals surface area contributed by atoms with Crippen LogP contribution in [0.1, 0.15) is 39.2 Å². The Morgan fingerprint density at radius 3 is 2.61 bits per heavy atom. The van der Waals surface area contributed by atoms with Gasteiger partial charge in [0.15, 0.2) is 0 Å². The number of ether oxygens (including phenoxy) is 2. The van der Waals surface area contributed by atoms with Gasteiger partial charge in [-0.1, -0.05) is 17.5 Å². The average molecular weight is 459 g/mol. The number of amides is 2. The topological polar surface area (TPSA) is 67.9 Å². The van der Waals surface area contributed by atoms with Gasteiger partial charge in [-0.05, 0) is 57.7 Å². The summed E-state index contributed by atoms with van der Waals surface area (Å²) < 4.78 is 52.6. The molecule has 1 atom stereocenters. The first-order valence-electron chi connectivity index (χ1n) is 9.69. The predicted molar refractivity (Wildman–Crippen MR) is 108 cm³/mol. The predicted octanol–water partition coefficient (Wildman–Crippen LogP) is 4.99. The van der Waals surface area contributed by atoms with Gasteiger partial charge in [0.05, 0.1) is 5.69 Å². The van der Waals surface area contributed by atoms with E-state index < -0.39 is 29.6 Å². The lowest BCUT2D eigenvalue weighted by molar-refractivity contribution is -0.240. The number of carbonyl (C=O) groups excluding carboxylic acids is 2. The largest absolute Gasteiger partial charge is 0.445 e. The molecule has 0 bridgehead atoms. The molecule has 31 heavy (non-hydrogen) atoms. The maximum atomic E-state index is 14.2. The number of alkyl halides is 3. The highest BCUT2D eigenvalue weighted by atomic mass is 35.5.